The highest BCUT2D eigenvalue weighted by Gasteiger charge is 2.19. The summed E-state index contributed by atoms with van der Waals surface area (Å²) in [4.78, 5) is 23.8. The molecule has 1 N–H and O–H groups in total. The third kappa shape index (κ3) is 5.44. The van der Waals surface area contributed by atoms with Gasteiger partial charge in [0.1, 0.15) is 5.75 Å². The SMILES string of the molecule is C[C@H](OC(=O)COc1cccc(Cl)c1)C(=O)Nc1ccccc1Cl. The Morgan fingerprint density at radius 1 is 1.12 bits per heavy atom. The van der Waals surface area contributed by atoms with Crippen LogP contribution in [0.25, 0.3) is 0 Å². The molecule has 1 atom stereocenters. The Morgan fingerprint density at radius 2 is 1.88 bits per heavy atom. The number of anilines is 1. The van der Waals surface area contributed by atoms with Crippen LogP contribution >= 0.6 is 23.2 Å². The fraction of sp³-hybridized carbons (Fsp3) is 0.176. The molecular formula is C17H15Cl2NO4. The van der Waals surface area contributed by atoms with Crippen LogP contribution in [0.15, 0.2) is 48.5 Å². The summed E-state index contributed by atoms with van der Waals surface area (Å²) in [5.41, 5.74) is 0.447. The quantitative estimate of drug-likeness (QED) is 0.785. The molecule has 0 saturated carbocycles. The van der Waals surface area contributed by atoms with Crippen molar-refractivity contribution in [1.29, 1.82) is 0 Å². The molecule has 0 saturated heterocycles. The van der Waals surface area contributed by atoms with E-state index in [1.165, 1.54) is 6.92 Å². The zero-order valence-electron chi connectivity index (χ0n) is 12.8. The highest BCUT2D eigenvalue weighted by atomic mass is 35.5. The van der Waals surface area contributed by atoms with Gasteiger partial charge in [0, 0.05) is 5.02 Å². The van der Waals surface area contributed by atoms with Gasteiger partial charge in [-0.3, -0.25) is 4.79 Å². The van der Waals surface area contributed by atoms with Crippen molar-refractivity contribution in [3.63, 3.8) is 0 Å². The van der Waals surface area contributed by atoms with Crippen LogP contribution in [0.4, 0.5) is 5.69 Å². The second-order valence-electron chi connectivity index (χ2n) is 4.85. The first-order valence-corrected chi connectivity index (χ1v) is 7.84. The number of carbonyl (C=O) groups excluding carboxylic acids is 2. The molecule has 0 bridgehead atoms. The molecule has 24 heavy (non-hydrogen) atoms. The van der Waals surface area contributed by atoms with E-state index in [1.807, 2.05) is 0 Å². The second kappa shape index (κ2) is 8.57. The Morgan fingerprint density at radius 3 is 2.58 bits per heavy atom. The molecule has 0 aliphatic carbocycles. The van der Waals surface area contributed by atoms with Gasteiger partial charge >= 0.3 is 5.97 Å². The monoisotopic (exact) mass is 367 g/mol. The van der Waals surface area contributed by atoms with E-state index in [0.29, 0.717) is 21.5 Å². The predicted octanol–water partition coefficient (Wildman–Crippen LogP) is 3.94. The molecule has 2 rings (SSSR count). The molecule has 0 aliphatic rings. The van der Waals surface area contributed by atoms with E-state index in [-0.39, 0.29) is 6.61 Å². The molecule has 0 heterocycles. The highest BCUT2D eigenvalue weighted by molar-refractivity contribution is 6.33. The van der Waals surface area contributed by atoms with Crippen molar-refractivity contribution in [2.75, 3.05) is 11.9 Å². The van der Waals surface area contributed by atoms with Crippen LogP contribution in [-0.2, 0) is 14.3 Å². The molecule has 5 nitrogen and oxygen atoms in total. The zero-order chi connectivity index (χ0) is 17.5. The average Bonchev–Trinajstić information content (AvgIpc) is 2.55. The maximum Gasteiger partial charge on any atom is 0.344 e. The minimum atomic E-state index is -0.989. The number of benzene rings is 2. The highest BCUT2D eigenvalue weighted by Crippen LogP contribution is 2.21. The normalized spacial score (nSPS) is 11.5. The van der Waals surface area contributed by atoms with Crippen LogP contribution in [0.2, 0.25) is 10.0 Å². The Balaban J connectivity index is 1.82. The smallest absolute Gasteiger partial charge is 0.344 e. The largest absolute Gasteiger partial charge is 0.482 e. The van der Waals surface area contributed by atoms with Crippen molar-refractivity contribution in [3.05, 3.63) is 58.6 Å². The molecule has 126 valence electrons. The summed E-state index contributed by atoms with van der Waals surface area (Å²) in [6, 6.07) is 13.4. The summed E-state index contributed by atoms with van der Waals surface area (Å²) in [5.74, 6) is -0.719. The third-order valence-corrected chi connectivity index (χ3v) is 3.53. The van der Waals surface area contributed by atoms with Gasteiger partial charge in [-0.2, -0.15) is 0 Å². The van der Waals surface area contributed by atoms with E-state index in [4.69, 9.17) is 32.7 Å². The van der Waals surface area contributed by atoms with Crippen LogP contribution in [0, 0.1) is 0 Å². The number of esters is 1. The Labute approximate surface area is 149 Å². The lowest BCUT2D eigenvalue weighted by Gasteiger charge is -2.14. The minimum absolute atomic E-state index is 0.329. The van der Waals surface area contributed by atoms with Gasteiger partial charge in [0.25, 0.3) is 5.91 Å². The van der Waals surface area contributed by atoms with E-state index in [9.17, 15) is 9.59 Å². The first kappa shape index (κ1) is 18.1. The number of hydrogen-bond acceptors (Lipinski definition) is 4. The summed E-state index contributed by atoms with van der Waals surface area (Å²) in [6.07, 6.45) is -0.989. The van der Waals surface area contributed by atoms with Crippen molar-refractivity contribution < 1.29 is 19.1 Å². The maximum atomic E-state index is 12.0. The van der Waals surface area contributed by atoms with Gasteiger partial charge in [-0.15, -0.1) is 0 Å². The van der Waals surface area contributed by atoms with Crippen molar-refractivity contribution in [1.82, 2.24) is 0 Å². The number of ether oxygens (including phenoxy) is 2. The van der Waals surface area contributed by atoms with Crippen molar-refractivity contribution in [3.8, 4) is 5.75 Å². The fourth-order valence-electron chi connectivity index (χ4n) is 1.78. The summed E-state index contributed by atoms with van der Waals surface area (Å²) in [7, 11) is 0. The van der Waals surface area contributed by atoms with Gasteiger partial charge in [-0.1, -0.05) is 41.4 Å². The Hall–Kier alpha value is -2.24. The standard InChI is InChI=1S/C17H15Cl2NO4/c1-11(17(22)20-15-8-3-2-7-14(15)19)24-16(21)10-23-13-6-4-5-12(18)9-13/h2-9,11H,10H2,1H3,(H,20,22)/t11-/m0/s1. The second-order valence-corrected chi connectivity index (χ2v) is 5.69. The molecule has 2 aromatic carbocycles. The lowest BCUT2D eigenvalue weighted by Crippen LogP contribution is -2.31. The number of nitrogens with one attached hydrogen (secondary N) is 1. The van der Waals surface area contributed by atoms with Crippen molar-refractivity contribution in [2.24, 2.45) is 0 Å². The predicted molar refractivity (Wildman–Crippen MR) is 92.6 cm³/mol. The molecule has 0 unspecified atom stereocenters. The number of carbonyl (C=O) groups is 2. The van der Waals surface area contributed by atoms with E-state index in [2.05, 4.69) is 5.32 Å². The molecule has 0 aliphatic heterocycles. The molecular weight excluding hydrogens is 353 g/mol. The van der Waals surface area contributed by atoms with Crippen molar-refractivity contribution in [2.45, 2.75) is 13.0 Å². The lowest BCUT2D eigenvalue weighted by molar-refractivity contribution is -0.155. The molecule has 0 aromatic heterocycles. The molecule has 0 fully saturated rings. The topological polar surface area (TPSA) is 64.6 Å². The number of hydrogen-bond donors (Lipinski definition) is 1. The Bertz CT molecular complexity index is 736. The lowest BCUT2D eigenvalue weighted by atomic mass is 10.3. The third-order valence-electron chi connectivity index (χ3n) is 2.96. The van der Waals surface area contributed by atoms with Gasteiger partial charge in [0.15, 0.2) is 12.7 Å². The number of rotatable bonds is 6. The molecule has 1 amide bonds. The molecule has 0 spiro atoms. The molecule has 2 aromatic rings. The van der Waals surface area contributed by atoms with Gasteiger partial charge in [0.2, 0.25) is 0 Å². The number of amides is 1. The maximum absolute atomic E-state index is 12.0. The average molecular weight is 368 g/mol. The van der Waals surface area contributed by atoms with Crippen LogP contribution in [0.3, 0.4) is 0 Å². The summed E-state index contributed by atoms with van der Waals surface area (Å²) < 4.78 is 10.3. The molecule has 0 radical (unpaired) electrons. The van der Waals surface area contributed by atoms with E-state index < -0.39 is 18.0 Å². The van der Waals surface area contributed by atoms with Crippen LogP contribution in [0.5, 0.6) is 5.75 Å². The van der Waals surface area contributed by atoms with E-state index in [0.717, 1.165) is 0 Å². The van der Waals surface area contributed by atoms with Crippen LogP contribution in [0.1, 0.15) is 6.92 Å². The van der Waals surface area contributed by atoms with Crippen LogP contribution < -0.4 is 10.1 Å². The molecule has 7 heteroatoms. The van der Waals surface area contributed by atoms with Gasteiger partial charge < -0.3 is 14.8 Å². The van der Waals surface area contributed by atoms with Gasteiger partial charge in [0.05, 0.1) is 10.7 Å². The fourth-order valence-corrected chi connectivity index (χ4v) is 2.14. The minimum Gasteiger partial charge on any atom is -0.482 e. The first-order valence-electron chi connectivity index (χ1n) is 7.09. The number of halogens is 2. The van der Waals surface area contributed by atoms with Gasteiger partial charge in [-0.05, 0) is 37.3 Å². The zero-order valence-corrected chi connectivity index (χ0v) is 14.3. The van der Waals surface area contributed by atoms with Crippen molar-refractivity contribution >= 4 is 40.8 Å². The van der Waals surface area contributed by atoms with E-state index in [1.54, 1.807) is 48.5 Å². The van der Waals surface area contributed by atoms with E-state index >= 15 is 0 Å². The Kier molecular flexibility index (Phi) is 6.46. The summed E-state index contributed by atoms with van der Waals surface area (Å²) in [5, 5.41) is 3.48. The summed E-state index contributed by atoms with van der Waals surface area (Å²) in [6.45, 7) is 1.13. The van der Waals surface area contributed by atoms with Crippen LogP contribution in [-0.4, -0.2) is 24.6 Å². The summed E-state index contributed by atoms with van der Waals surface area (Å²) >= 11 is 11.8. The first-order chi connectivity index (χ1) is 11.5. The van der Waals surface area contributed by atoms with Gasteiger partial charge in [-0.25, -0.2) is 4.79 Å². The number of para-hydroxylation sites is 1.